The van der Waals surface area contributed by atoms with E-state index in [1.807, 2.05) is 0 Å². The van der Waals surface area contributed by atoms with Crippen molar-refractivity contribution in [3.05, 3.63) is 0 Å². The van der Waals surface area contributed by atoms with Crippen LogP contribution in [0.2, 0.25) is 0 Å². The van der Waals surface area contributed by atoms with E-state index in [0.717, 1.165) is 13.0 Å². The van der Waals surface area contributed by atoms with E-state index in [-0.39, 0.29) is 5.92 Å². The lowest BCUT2D eigenvalue weighted by Crippen LogP contribution is -2.34. The molecule has 0 aromatic carbocycles. The summed E-state index contributed by atoms with van der Waals surface area (Å²) in [5.41, 5.74) is 0. The lowest BCUT2D eigenvalue weighted by Gasteiger charge is -2.06. The van der Waals surface area contributed by atoms with Gasteiger partial charge in [-0.25, -0.2) is 9.86 Å². The maximum absolute atomic E-state index is 10.4. The molecule has 1 saturated heterocycles. The van der Waals surface area contributed by atoms with Crippen LogP contribution < -0.4 is 9.86 Å². The summed E-state index contributed by atoms with van der Waals surface area (Å²) in [6, 6.07) is 0. The highest BCUT2D eigenvalue weighted by Crippen LogP contribution is 2.10. The molecule has 0 radical (unpaired) electrons. The van der Waals surface area contributed by atoms with Crippen LogP contribution in [-0.4, -0.2) is 28.2 Å². The van der Waals surface area contributed by atoms with Gasteiger partial charge in [-0.2, -0.15) is 8.42 Å². The second-order valence-electron chi connectivity index (χ2n) is 2.62. The molecule has 5 nitrogen and oxygen atoms in total. The summed E-state index contributed by atoms with van der Waals surface area (Å²) in [5.74, 6) is 0.285. The van der Waals surface area contributed by atoms with Crippen molar-refractivity contribution in [2.75, 3.05) is 19.8 Å². The Balaban J connectivity index is 2.22. The highest BCUT2D eigenvalue weighted by molar-refractivity contribution is 7.87. The minimum Gasteiger partial charge on any atom is -0.381 e. The second kappa shape index (κ2) is 3.48. The summed E-state index contributed by atoms with van der Waals surface area (Å²) >= 11 is 0. The molecule has 66 valence electrons. The van der Waals surface area contributed by atoms with Crippen molar-refractivity contribution < 1.29 is 13.2 Å². The van der Waals surface area contributed by atoms with E-state index in [9.17, 15) is 8.42 Å². The zero-order chi connectivity index (χ0) is 8.32. The predicted octanol–water partition coefficient (Wildman–Crippen LogP) is -1.18. The SMILES string of the molecule is NS(=O)(=O)NCC1CCOC1. The molecule has 3 N–H and O–H groups in total. The number of ether oxygens (including phenoxy) is 1. The largest absolute Gasteiger partial charge is 0.381 e. The maximum atomic E-state index is 10.4. The van der Waals surface area contributed by atoms with Gasteiger partial charge in [0, 0.05) is 13.2 Å². The first-order valence-corrected chi connectivity index (χ1v) is 4.98. The van der Waals surface area contributed by atoms with Gasteiger partial charge >= 0.3 is 0 Å². The Kier molecular flexibility index (Phi) is 2.83. The van der Waals surface area contributed by atoms with Crippen molar-refractivity contribution in [2.24, 2.45) is 11.1 Å². The van der Waals surface area contributed by atoms with Crippen molar-refractivity contribution in [2.45, 2.75) is 6.42 Å². The van der Waals surface area contributed by atoms with E-state index in [2.05, 4.69) is 4.72 Å². The molecule has 1 aliphatic heterocycles. The summed E-state index contributed by atoms with van der Waals surface area (Å²) in [7, 11) is -3.52. The zero-order valence-electron chi connectivity index (χ0n) is 6.12. The first-order valence-electron chi connectivity index (χ1n) is 3.43. The molecule has 1 aliphatic rings. The summed E-state index contributed by atoms with van der Waals surface area (Å²) in [4.78, 5) is 0. The van der Waals surface area contributed by atoms with Crippen LogP contribution >= 0.6 is 0 Å². The Morgan fingerprint density at radius 3 is 2.82 bits per heavy atom. The zero-order valence-corrected chi connectivity index (χ0v) is 6.93. The van der Waals surface area contributed by atoms with Gasteiger partial charge in [-0.15, -0.1) is 0 Å². The fourth-order valence-corrected chi connectivity index (χ4v) is 1.45. The smallest absolute Gasteiger partial charge is 0.274 e. The molecule has 0 aromatic heterocycles. The molecule has 1 rings (SSSR count). The third kappa shape index (κ3) is 3.66. The van der Waals surface area contributed by atoms with Gasteiger partial charge in [0.15, 0.2) is 0 Å². The molecule has 1 unspecified atom stereocenters. The Labute approximate surface area is 66.1 Å². The molecular formula is C5H12N2O3S. The van der Waals surface area contributed by atoms with Gasteiger partial charge in [-0.1, -0.05) is 0 Å². The van der Waals surface area contributed by atoms with E-state index in [4.69, 9.17) is 9.88 Å². The minimum absolute atomic E-state index is 0.285. The summed E-state index contributed by atoms with van der Waals surface area (Å²) < 4.78 is 28.1. The molecule has 1 fully saturated rings. The Bertz CT molecular complexity index is 208. The first-order chi connectivity index (χ1) is 5.08. The van der Waals surface area contributed by atoms with E-state index in [0.29, 0.717) is 13.2 Å². The van der Waals surface area contributed by atoms with Crippen LogP contribution in [0.25, 0.3) is 0 Å². The molecule has 0 saturated carbocycles. The average molecular weight is 180 g/mol. The van der Waals surface area contributed by atoms with Crippen LogP contribution in [0.5, 0.6) is 0 Å². The molecule has 0 amide bonds. The van der Waals surface area contributed by atoms with Gasteiger partial charge in [0.25, 0.3) is 10.2 Å². The molecule has 6 heteroatoms. The van der Waals surface area contributed by atoms with E-state index in [1.165, 1.54) is 0 Å². The summed E-state index contributed by atoms with van der Waals surface area (Å²) in [6.45, 7) is 1.73. The second-order valence-corrected chi connectivity index (χ2v) is 4.00. The van der Waals surface area contributed by atoms with Crippen molar-refractivity contribution in [3.8, 4) is 0 Å². The molecular weight excluding hydrogens is 168 g/mol. The van der Waals surface area contributed by atoms with Gasteiger partial charge in [-0.05, 0) is 12.3 Å². The highest BCUT2D eigenvalue weighted by atomic mass is 32.2. The van der Waals surface area contributed by atoms with Crippen LogP contribution in [0.3, 0.4) is 0 Å². The summed E-state index contributed by atoms with van der Waals surface area (Å²) in [5, 5.41) is 4.73. The summed E-state index contributed by atoms with van der Waals surface area (Å²) in [6.07, 6.45) is 0.905. The molecule has 1 heterocycles. The van der Waals surface area contributed by atoms with Crippen LogP contribution in [0.4, 0.5) is 0 Å². The Morgan fingerprint density at radius 2 is 2.36 bits per heavy atom. The van der Waals surface area contributed by atoms with E-state index < -0.39 is 10.2 Å². The maximum Gasteiger partial charge on any atom is 0.274 e. The monoisotopic (exact) mass is 180 g/mol. The third-order valence-electron chi connectivity index (χ3n) is 1.60. The third-order valence-corrected chi connectivity index (χ3v) is 2.17. The predicted molar refractivity (Wildman–Crippen MR) is 40.0 cm³/mol. The van der Waals surface area contributed by atoms with E-state index >= 15 is 0 Å². The average Bonchev–Trinajstić information content (AvgIpc) is 2.32. The van der Waals surface area contributed by atoms with Gasteiger partial charge in [0.1, 0.15) is 0 Å². The number of hydrogen-bond donors (Lipinski definition) is 2. The number of nitrogens with one attached hydrogen (secondary N) is 1. The van der Waals surface area contributed by atoms with Crippen LogP contribution in [0.15, 0.2) is 0 Å². The van der Waals surface area contributed by atoms with Crippen molar-refractivity contribution in [1.29, 1.82) is 0 Å². The van der Waals surface area contributed by atoms with Gasteiger partial charge in [-0.3, -0.25) is 0 Å². The quantitative estimate of drug-likeness (QED) is 0.573. The van der Waals surface area contributed by atoms with E-state index in [1.54, 1.807) is 0 Å². The topological polar surface area (TPSA) is 81.4 Å². The minimum atomic E-state index is -3.52. The fourth-order valence-electron chi connectivity index (χ4n) is 0.978. The molecule has 11 heavy (non-hydrogen) atoms. The van der Waals surface area contributed by atoms with Gasteiger partial charge in [0.05, 0.1) is 6.61 Å². The normalized spacial score (nSPS) is 25.7. The lowest BCUT2D eigenvalue weighted by atomic mass is 10.1. The Morgan fingerprint density at radius 1 is 1.64 bits per heavy atom. The van der Waals surface area contributed by atoms with Crippen molar-refractivity contribution in [3.63, 3.8) is 0 Å². The fraction of sp³-hybridized carbons (Fsp3) is 1.00. The molecule has 0 aliphatic carbocycles. The van der Waals surface area contributed by atoms with Gasteiger partial charge < -0.3 is 4.74 Å². The highest BCUT2D eigenvalue weighted by Gasteiger charge is 2.16. The standard InChI is InChI=1S/C5H12N2O3S/c6-11(8,9)7-3-5-1-2-10-4-5/h5,7H,1-4H2,(H2,6,8,9). The number of hydrogen-bond acceptors (Lipinski definition) is 3. The van der Waals surface area contributed by atoms with Crippen LogP contribution in [-0.2, 0) is 14.9 Å². The number of rotatable bonds is 3. The number of nitrogens with two attached hydrogens (primary N) is 1. The molecule has 0 spiro atoms. The van der Waals surface area contributed by atoms with Crippen molar-refractivity contribution in [1.82, 2.24) is 4.72 Å². The first kappa shape index (κ1) is 8.92. The molecule has 0 bridgehead atoms. The van der Waals surface area contributed by atoms with Crippen molar-refractivity contribution >= 4 is 10.2 Å². The van der Waals surface area contributed by atoms with Crippen LogP contribution in [0.1, 0.15) is 6.42 Å². The van der Waals surface area contributed by atoms with Gasteiger partial charge in [0.2, 0.25) is 0 Å². The molecule has 0 aromatic rings. The molecule has 1 atom stereocenters. The lowest BCUT2D eigenvalue weighted by molar-refractivity contribution is 0.186. The van der Waals surface area contributed by atoms with Crippen LogP contribution in [0, 0.1) is 5.92 Å². The Hall–Kier alpha value is -0.170.